The molecular formula is C16H18O2. The minimum Gasteiger partial charge on any atom is -0.478 e. The molecule has 1 N–H and O–H groups in total. The first kappa shape index (κ1) is 11.5. The van der Waals surface area contributed by atoms with Gasteiger partial charge in [0.2, 0.25) is 0 Å². The highest BCUT2D eigenvalue weighted by Crippen LogP contribution is 2.49. The molecule has 3 rings (SSSR count). The number of carboxylic acids is 1. The summed E-state index contributed by atoms with van der Waals surface area (Å²) in [6.07, 6.45) is 7.96. The number of hydrogen-bond donors (Lipinski definition) is 1. The van der Waals surface area contributed by atoms with Crippen molar-refractivity contribution in [2.75, 3.05) is 0 Å². The molecule has 1 saturated carbocycles. The van der Waals surface area contributed by atoms with E-state index in [0.717, 1.165) is 31.3 Å². The molecule has 0 atom stereocenters. The number of carboxylic acid groups (broad SMARTS) is 1. The zero-order valence-electron chi connectivity index (χ0n) is 10.5. The average molecular weight is 242 g/mol. The molecule has 0 radical (unpaired) electrons. The molecule has 0 amide bonds. The number of aliphatic carboxylic acids is 1. The Morgan fingerprint density at radius 1 is 1.11 bits per heavy atom. The number of allylic oxidation sites excluding steroid dienone is 1. The SMILES string of the molecule is O=C(O)C=C1CCC2(CC1)CCc1ccccc12. The van der Waals surface area contributed by atoms with Gasteiger partial charge in [0.05, 0.1) is 0 Å². The largest absolute Gasteiger partial charge is 0.478 e. The Labute approximate surface area is 107 Å². The number of hydrogen-bond acceptors (Lipinski definition) is 1. The summed E-state index contributed by atoms with van der Waals surface area (Å²) in [5.41, 5.74) is 4.48. The van der Waals surface area contributed by atoms with Crippen molar-refractivity contribution < 1.29 is 9.90 Å². The van der Waals surface area contributed by atoms with Crippen molar-refractivity contribution in [3.05, 3.63) is 47.0 Å². The molecule has 94 valence electrons. The van der Waals surface area contributed by atoms with E-state index in [1.165, 1.54) is 30.0 Å². The van der Waals surface area contributed by atoms with Crippen LogP contribution in [-0.2, 0) is 16.6 Å². The maximum absolute atomic E-state index is 10.7. The Bertz CT molecular complexity index is 504. The second-order valence-electron chi connectivity index (χ2n) is 5.58. The smallest absolute Gasteiger partial charge is 0.328 e. The maximum Gasteiger partial charge on any atom is 0.328 e. The molecule has 1 aromatic carbocycles. The zero-order valence-corrected chi connectivity index (χ0v) is 10.5. The minimum absolute atomic E-state index is 0.340. The fourth-order valence-electron chi connectivity index (χ4n) is 3.65. The molecule has 1 spiro atoms. The van der Waals surface area contributed by atoms with Gasteiger partial charge < -0.3 is 5.11 Å². The van der Waals surface area contributed by atoms with Crippen molar-refractivity contribution in [1.29, 1.82) is 0 Å². The fourth-order valence-corrected chi connectivity index (χ4v) is 3.65. The van der Waals surface area contributed by atoms with Gasteiger partial charge in [0.1, 0.15) is 0 Å². The summed E-state index contributed by atoms with van der Waals surface area (Å²) < 4.78 is 0. The third kappa shape index (κ3) is 1.86. The van der Waals surface area contributed by atoms with Crippen molar-refractivity contribution in [2.24, 2.45) is 0 Å². The number of fused-ring (bicyclic) bond motifs is 2. The first-order valence-corrected chi connectivity index (χ1v) is 6.70. The predicted octanol–water partition coefficient (Wildman–Crippen LogP) is 3.46. The van der Waals surface area contributed by atoms with Crippen molar-refractivity contribution in [1.82, 2.24) is 0 Å². The van der Waals surface area contributed by atoms with Crippen LogP contribution in [0.1, 0.15) is 43.2 Å². The van der Waals surface area contributed by atoms with Gasteiger partial charge in [-0.2, -0.15) is 0 Å². The molecule has 2 heteroatoms. The monoisotopic (exact) mass is 242 g/mol. The Hall–Kier alpha value is -1.57. The van der Waals surface area contributed by atoms with E-state index in [2.05, 4.69) is 24.3 Å². The lowest BCUT2D eigenvalue weighted by atomic mass is 9.69. The van der Waals surface area contributed by atoms with Gasteiger partial charge in [-0.25, -0.2) is 4.79 Å². The summed E-state index contributed by atoms with van der Waals surface area (Å²) in [4.78, 5) is 10.7. The third-order valence-corrected chi connectivity index (χ3v) is 4.64. The lowest BCUT2D eigenvalue weighted by Gasteiger charge is -2.35. The second kappa shape index (κ2) is 4.27. The molecule has 0 bridgehead atoms. The fraction of sp³-hybridized carbons (Fsp3) is 0.438. The van der Waals surface area contributed by atoms with Crippen LogP contribution < -0.4 is 0 Å². The number of rotatable bonds is 1. The summed E-state index contributed by atoms with van der Waals surface area (Å²) in [6.45, 7) is 0. The first-order chi connectivity index (χ1) is 8.70. The van der Waals surface area contributed by atoms with E-state index in [1.807, 2.05) is 0 Å². The van der Waals surface area contributed by atoms with Crippen LogP contribution in [0, 0.1) is 0 Å². The van der Waals surface area contributed by atoms with Gasteiger partial charge in [0.15, 0.2) is 0 Å². The van der Waals surface area contributed by atoms with Crippen LogP contribution in [-0.4, -0.2) is 11.1 Å². The van der Waals surface area contributed by atoms with E-state index < -0.39 is 5.97 Å². The van der Waals surface area contributed by atoms with Crippen LogP contribution in [0.25, 0.3) is 0 Å². The summed E-state index contributed by atoms with van der Waals surface area (Å²) in [5.74, 6) is -0.798. The Morgan fingerprint density at radius 3 is 2.50 bits per heavy atom. The third-order valence-electron chi connectivity index (χ3n) is 4.64. The summed E-state index contributed by atoms with van der Waals surface area (Å²) in [5, 5.41) is 8.80. The van der Waals surface area contributed by atoms with Gasteiger partial charge >= 0.3 is 5.97 Å². The molecule has 1 aromatic rings. The molecule has 0 heterocycles. The van der Waals surface area contributed by atoms with E-state index in [-0.39, 0.29) is 0 Å². The zero-order chi connectivity index (χ0) is 12.6. The predicted molar refractivity (Wildman–Crippen MR) is 70.6 cm³/mol. The molecule has 0 aliphatic heterocycles. The van der Waals surface area contributed by atoms with Crippen molar-refractivity contribution in [3.8, 4) is 0 Å². The second-order valence-corrected chi connectivity index (χ2v) is 5.58. The van der Waals surface area contributed by atoms with Gasteiger partial charge in [-0.3, -0.25) is 0 Å². The molecule has 1 fully saturated rings. The highest BCUT2D eigenvalue weighted by Gasteiger charge is 2.39. The molecule has 0 aromatic heterocycles. The number of aryl methyl sites for hydroxylation is 1. The van der Waals surface area contributed by atoms with Crippen LogP contribution in [0.5, 0.6) is 0 Å². The summed E-state index contributed by atoms with van der Waals surface area (Å²) >= 11 is 0. The van der Waals surface area contributed by atoms with E-state index in [9.17, 15) is 4.79 Å². The number of benzene rings is 1. The van der Waals surface area contributed by atoms with Gasteiger partial charge in [-0.15, -0.1) is 0 Å². The molecule has 2 nitrogen and oxygen atoms in total. The van der Waals surface area contributed by atoms with Gasteiger partial charge in [-0.05, 0) is 55.1 Å². The Balaban J connectivity index is 1.83. The molecule has 18 heavy (non-hydrogen) atoms. The van der Waals surface area contributed by atoms with E-state index in [4.69, 9.17) is 5.11 Å². The van der Waals surface area contributed by atoms with Crippen LogP contribution in [0.15, 0.2) is 35.9 Å². The number of carbonyl (C=O) groups is 1. The molecule has 0 unspecified atom stereocenters. The van der Waals surface area contributed by atoms with Gasteiger partial charge in [0.25, 0.3) is 0 Å². The van der Waals surface area contributed by atoms with E-state index >= 15 is 0 Å². The summed E-state index contributed by atoms with van der Waals surface area (Å²) in [7, 11) is 0. The lowest BCUT2D eigenvalue weighted by molar-refractivity contribution is -0.131. The average Bonchev–Trinajstić information content (AvgIpc) is 2.72. The van der Waals surface area contributed by atoms with Crippen LogP contribution in [0.4, 0.5) is 0 Å². The van der Waals surface area contributed by atoms with Crippen LogP contribution >= 0.6 is 0 Å². The summed E-state index contributed by atoms with van der Waals surface area (Å²) in [6, 6.07) is 8.77. The highest BCUT2D eigenvalue weighted by atomic mass is 16.4. The Morgan fingerprint density at radius 2 is 1.78 bits per heavy atom. The standard InChI is InChI=1S/C16H18O2/c17-15(18)11-12-5-8-16(9-6-12)10-7-13-3-1-2-4-14(13)16/h1-4,11H,5-10H2,(H,17,18). The highest BCUT2D eigenvalue weighted by molar-refractivity contribution is 5.80. The van der Waals surface area contributed by atoms with Crippen molar-refractivity contribution in [3.63, 3.8) is 0 Å². The van der Waals surface area contributed by atoms with Crippen LogP contribution in [0.3, 0.4) is 0 Å². The van der Waals surface area contributed by atoms with Gasteiger partial charge in [0, 0.05) is 6.08 Å². The van der Waals surface area contributed by atoms with Gasteiger partial charge in [-0.1, -0.05) is 29.8 Å². The quantitative estimate of drug-likeness (QED) is 0.766. The molecule has 2 aliphatic carbocycles. The van der Waals surface area contributed by atoms with Crippen molar-refractivity contribution >= 4 is 5.97 Å². The van der Waals surface area contributed by atoms with E-state index in [0.29, 0.717) is 5.41 Å². The molecular weight excluding hydrogens is 224 g/mol. The molecule has 0 saturated heterocycles. The normalized spacial score (nSPS) is 26.1. The topological polar surface area (TPSA) is 37.3 Å². The molecule has 2 aliphatic rings. The van der Waals surface area contributed by atoms with E-state index in [1.54, 1.807) is 0 Å². The minimum atomic E-state index is -0.798. The Kier molecular flexibility index (Phi) is 2.73. The van der Waals surface area contributed by atoms with Crippen molar-refractivity contribution in [2.45, 2.75) is 43.9 Å². The maximum atomic E-state index is 10.7. The lowest BCUT2D eigenvalue weighted by Crippen LogP contribution is -2.27. The first-order valence-electron chi connectivity index (χ1n) is 6.70. The van der Waals surface area contributed by atoms with Crippen LogP contribution in [0.2, 0.25) is 0 Å².